The van der Waals surface area contributed by atoms with E-state index in [0.717, 1.165) is 34.4 Å². The van der Waals surface area contributed by atoms with Crippen molar-refractivity contribution in [1.29, 1.82) is 5.41 Å². The lowest BCUT2D eigenvalue weighted by molar-refractivity contribution is -0.114. The van der Waals surface area contributed by atoms with E-state index in [9.17, 15) is 13.2 Å². The molecule has 0 fully saturated rings. The van der Waals surface area contributed by atoms with E-state index >= 15 is 0 Å². The second-order valence-corrected chi connectivity index (χ2v) is 10.2. The van der Waals surface area contributed by atoms with Crippen molar-refractivity contribution < 1.29 is 27.4 Å². The predicted octanol–water partition coefficient (Wildman–Crippen LogP) is 3.08. The highest BCUT2D eigenvalue weighted by atomic mass is 32.2. The fourth-order valence-corrected chi connectivity index (χ4v) is 5.16. The second-order valence-electron chi connectivity index (χ2n) is 7.60. The minimum atomic E-state index is -3.72. The minimum Gasteiger partial charge on any atom is -0.493 e. The van der Waals surface area contributed by atoms with E-state index in [2.05, 4.69) is 9.39 Å². The van der Waals surface area contributed by atoms with Crippen molar-refractivity contribution >= 4 is 49.9 Å². The molecule has 0 atom stereocenters. The van der Waals surface area contributed by atoms with Gasteiger partial charge in [-0.2, -0.15) is 9.39 Å². The molecule has 0 aromatic heterocycles. The number of carbonyl (C=O) groups is 1. The normalized spacial score (nSPS) is 16.7. The van der Waals surface area contributed by atoms with Crippen molar-refractivity contribution in [3.8, 4) is 17.2 Å². The number of ether oxygens (including phenoxy) is 3. The molecule has 0 unspecified atom stereocenters. The van der Waals surface area contributed by atoms with Gasteiger partial charge in [0, 0.05) is 6.26 Å². The standard InChI is InChI=1S/C23H22N4O6S2/c1-14-5-4-6-16(11-14)32-9-10-33-18-8-7-15(13-19(18)31-2)12-17-20(24)27-22(25-21(17)28)34-26-23(27)35(3,29)30/h4-8,11-13,24H,9-10H2,1-3H3/b17-12-,24-20?. The Morgan fingerprint density at radius 3 is 2.60 bits per heavy atom. The number of hydrogen-bond donors (Lipinski definition) is 1. The van der Waals surface area contributed by atoms with Crippen LogP contribution in [0.2, 0.25) is 0 Å². The Morgan fingerprint density at radius 2 is 1.89 bits per heavy atom. The minimum absolute atomic E-state index is 0.0341. The zero-order valence-corrected chi connectivity index (χ0v) is 20.8. The van der Waals surface area contributed by atoms with Crippen molar-refractivity contribution in [2.75, 3.05) is 26.6 Å². The Bertz CT molecular complexity index is 1400. The number of carbonyl (C=O) groups excluding carboxylic acids is 1. The van der Waals surface area contributed by atoms with Gasteiger partial charge in [-0.15, -0.1) is 0 Å². The number of hydrogen-bond acceptors (Lipinski definition) is 9. The highest BCUT2D eigenvalue weighted by Gasteiger charge is 2.41. The molecule has 0 spiro atoms. The van der Waals surface area contributed by atoms with Crippen molar-refractivity contribution in [3.05, 3.63) is 59.2 Å². The molecule has 2 aliphatic rings. The van der Waals surface area contributed by atoms with E-state index in [1.165, 1.54) is 13.2 Å². The molecule has 0 saturated carbocycles. The molecular formula is C23H22N4O6S2. The van der Waals surface area contributed by atoms with Crippen LogP contribution in [-0.2, 0) is 14.6 Å². The maximum atomic E-state index is 12.5. The number of sulfone groups is 1. The molecule has 2 heterocycles. The number of benzene rings is 2. The summed E-state index contributed by atoms with van der Waals surface area (Å²) in [5, 5.41) is 8.13. The Labute approximate surface area is 206 Å². The van der Waals surface area contributed by atoms with Gasteiger partial charge in [-0.05, 0) is 48.4 Å². The monoisotopic (exact) mass is 514 g/mol. The average molecular weight is 515 g/mol. The maximum Gasteiger partial charge on any atom is 0.283 e. The molecule has 0 bridgehead atoms. The summed E-state index contributed by atoms with van der Waals surface area (Å²) in [4.78, 5) is 17.5. The number of nitrogens with zero attached hydrogens (tertiary/aromatic N) is 3. The quantitative estimate of drug-likeness (QED) is 0.339. The third kappa shape index (κ3) is 5.38. The zero-order chi connectivity index (χ0) is 25.2. The van der Waals surface area contributed by atoms with Crippen LogP contribution in [0.15, 0.2) is 57.4 Å². The summed E-state index contributed by atoms with van der Waals surface area (Å²) in [5.74, 6) is 0.681. The second kappa shape index (κ2) is 9.92. The van der Waals surface area contributed by atoms with Crippen LogP contribution in [0, 0.1) is 12.3 Å². The number of fused-ring (bicyclic) bond motifs is 1. The van der Waals surface area contributed by atoms with Crippen LogP contribution in [0.25, 0.3) is 6.08 Å². The molecule has 2 aromatic carbocycles. The van der Waals surface area contributed by atoms with Crippen molar-refractivity contribution in [2.45, 2.75) is 6.92 Å². The van der Waals surface area contributed by atoms with Crippen LogP contribution < -0.4 is 14.2 Å². The number of amidine groups is 3. The van der Waals surface area contributed by atoms with Crippen LogP contribution in [0.1, 0.15) is 11.1 Å². The third-order valence-corrected chi connectivity index (χ3v) is 6.68. The molecule has 10 nitrogen and oxygen atoms in total. The van der Waals surface area contributed by atoms with Gasteiger partial charge in [0.2, 0.25) is 20.2 Å². The van der Waals surface area contributed by atoms with Crippen molar-refractivity contribution in [3.63, 3.8) is 0 Å². The Balaban J connectivity index is 1.48. The molecule has 1 amide bonds. The van der Waals surface area contributed by atoms with E-state index in [0.29, 0.717) is 23.7 Å². The summed E-state index contributed by atoms with van der Waals surface area (Å²) in [6, 6.07) is 12.7. The number of aliphatic imine (C=N–C) groups is 1. The van der Waals surface area contributed by atoms with E-state index in [-0.39, 0.29) is 28.4 Å². The van der Waals surface area contributed by atoms with Gasteiger partial charge in [0.15, 0.2) is 11.5 Å². The average Bonchev–Trinajstić information content (AvgIpc) is 3.24. The largest absolute Gasteiger partial charge is 0.493 e. The lowest BCUT2D eigenvalue weighted by atomic mass is 10.1. The Morgan fingerprint density at radius 1 is 1.11 bits per heavy atom. The fraction of sp³-hybridized carbons (Fsp3) is 0.217. The first kappa shape index (κ1) is 24.5. The van der Waals surface area contributed by atoms with E-state index in [4.69, 9.17) is 19.6 Å². The lowest BCUT2D eigenvalue weighted by Gasteiger charge is -2.23. The first-order valence-electron chi connectivity index (χ1n) is 10.4. The molecule has 35 heavy (non-hydrogen) atoms. The summed E-state index contributed by atoms with van der Waals surface area (Å²) < 4.78 is 44.8. The van der Waals surface area contributed by atoms with Gasteiger partial charge in [0.1, 0.15) is 24.8 Å². The number of rotatable bonds is 7. The summed E-state index contributed by atoms with van der Waals surface area (Å²) in [6.45, 7) is 2.61. The molecule has 0 radical (unpaired) electrons. The van der Waals surface area contributed by atoms with Crippen molar-refractivity contribution in [1.82, 2.24) is 4.90 Å². The molecule has 0 saturated heterocycles. The highest BCUT2D eigenvalue weighted by Crippen LogP contribution is 2.32. The fourth-order valence-electron chi connectivity index (χ4n) is 3.31. The van der Waals surface area contributed by atoms with Crippen LogP contribution >= 0.6 is 11.9 Å². The topological polar surface area (TPSA) is 131 Å². The smallest absolute Gasteiger partial charge is 0.283 e. The number of methoxy groups -OCH3 is 1. The van der Waals surface area contributed by atoms with E-state index < -0.39 is 15.7 Å². The summed E-state index contributed by atoms with van der Waals surface area (Å²) in [5.41, 5.74) is 1.57. The van der Waals surface area contributed by atoms with Crippen LogP contribution in [0.5, 0.6) is 17.2 Å². The number of aryl methyl sites for hydroxylation is 1. The predicted molar refractivity (Wildman–Crippen MR) is 135 cm³/mol. The van der Waals surface area contributed by atoms with Gasteiger partial charge < -0.3 is 14.2 Å². The molecule has 182 valence electrons. The molecule has 12 heteroatoms. The molecule has 4 rings (SSSR count). The molecular weight excluding hydrogens is 492 g/mol. The van der Waals surface area contributed by atoms with Crippen LogP contribution in [0.4, 0.5) is 0 Å². The SMILES string of the molecule is COc1cc(/C=C2/C(=N)N3C(=NC2=O)SN=C3S(C)(=O)=O)ccc1OCCOc1cccc(C)c1. The molecule has 1 N–H and O–H groups in total. The molecule has 2 aliphatic heterocycles. The summed E-state index contributed by atoms with van der Waals surface area (Å²) in [7, 11) is -2.23. The Kier molecular flexibility index (Phi) is 6.94. The first-order valence-corrected chi connectivity index (χ1v) is 13.0. The molecule has 0 aliphatic carbocycles. The highest BCUT2D eigenvalue weighted by molar-refractivity contribution is 8.16. The van der Waals surface area contributed by atoms with Gasteiger partial charge in [-0.1, -0.05) is 18.2 Å². The van der Waals surface area contributed by atoms with E-state index in [1.807, 2.05) is 31.2 Å². The number of nitrogens with one attached hydrogen (secondary N) is 1. The summed E-state index contributed by atoms with van der Waals surface area (Å²) in [6.07, 6.45) is 2.43. The van der Waals surface area contributed by atoms with Crippen molar-refractivity contribution in [2.24, 2.45) is 9.39 Å². The van der Waals surface area contributed by atoms with Gasteiger partial charge in [0.05, 0.1) is 24.6 Å². The van der Waals surface area contributed by atoms with Gasteiger partial charge in [-0.3, -0.25) is 10.2 Å². The van der Waals surface area contributed by atoms with Gasteiger partial charge in [0.25, 0.3) is 5.91 Å². The van der Waals surface area contributed by atoms with Gasteiger partial charge in [-0.25, -0.2) is 13.3 Å². The van der Waals surface area contributed by atoms with Crippen LogP contribution in [0.3, 0.4) is 0 Å². The number of amides is 1. The van der Waals surface area contributed by atoms with E-state index in [1.54, 1.807) is 18.2 Å². The van der Waals surface area contributed by atoms with Gasteiger partial charge >= 0.3 is 0 Å². The summed E-state index contributed by atoms with van der Waals surface area (Å²) >= 11 is 0.743. The third-order valence-electron chi connectivity index (χ3n) is 4.92. The Hall–Kier alpha value is -3.64. The lowest BCUT2D eigenvalue weighted by Crippen LogP contribution is -2.45. The maximum absolute atomic E-state index is 12.5. The molecule has 2 aromatic rings. The van der Waals surface area contributed by atoms with Crippen LogP contribution in [-0.4, -0.2) is 62.0 Å². The first-order chi connectivity index (χ1) is 16.7. The zero-order valence-electron chi connectivity index (χ0n) is 19.1.